The van der Waals surface area contributed by atoms with Crippen LogP contribution in [0.5, 0.6) is 0 Å². The zero-order valence-electron chi connectivity index (χ0n) is 7.39. The van der Waals surface area contributed by atoms with E-state index >= 15 is 0 Å². The van der Waals surface area contributed by atoms with Crippen LogP contribution in [0.1, 0.15) is 12.8 Å². The molecule has 4 heteroatoms. The second-order valence-corrected chi connectivity index (χ2v) is 4.30. The molecular formula is C8H15N3S. The van der Waals surface area contributed by atoms with Crippen molar-refractivity contribution in [2.75, 3.05) is 26.7 Å². The van der Waals surface area contributed by atoms with E-state index in [1.165, 1.54) is 25.9 Å². The standard InChI is InChI=1S/C8H15N3S/c1-11-4-2-8(3-5-11)6-9-7(12)10-8/h2-6H2,1H3,(H2,9,10,12). The summed E-state index contributed by atoms with van der Waals surface area (Å²) in [6.07, 6.45) is 2.41. The minimum atomic E-state index is 0.281. The maximum absolute atomic E-state index is 5.07. The topological polar surface area (TPSA) is 27.3 Å². The van der Waals surface area contributed by atoms with Gasteiger partial charge in [0.25, 0.3) is 0 Å². The van der Waals surface area contributed by atoms with Gasteiger partial charge in [0.1, 0.15) is 0 Å². The average molecular weight is 185 g/mol. The van der Waals surface area contributed by atoms with E-state index in [4.69, 9.17) is 12.2 Å². The lowest BCUT2D eigenvalue weighted by molar-refractivity contribution is 0.187. The summed E-state index contributed by atoms with van der Waals surface area (Å²) >= 11 is 5.07. The smallest absolute Gasteiger partial charge is 0.166 e. The van der Waals surface area contributed by atoms with Gasteiger partial charge in [0.15, 0.2) is 5.11 Å². The Bertz CT molecular complexity index is 196. The van der Waals surface area contributed by atoms with Crippen LogP contribution in [0, 0.1) is 0 Å². The summed E-state index contributed by atoms with van der Waals surface area (Å²) in [6, 6.07) is 0. The molecule has 2 rings (SSSR count). The van der Waals surface area contributed by atoms with Crippen LogP contribution in [0.15, 0.2) is 0 Å². The van der Waals surface area contributed by atoms with E-state index in [1.54, 1.807) is 0 Å². The first-order valence-corrected chi connectivity index (χ1v) is 4.86. The van der Waals surface area contributed by atoms with Crippen LogP contribution in [0.2, 0.25) is 0 Å². The van der Waals surface area contributed by atoms with Crippen molar-refractivity contribution in [3.63, 3.8) is 0 Å². The predicted molar refractivity (Wildman–Crippen MR) is 53.2 cm³/mol. The number of thiocarbonyl (C=S) groups is 1. The number of nitrogens with zero attached hydrogens (tertiary/aromatic N) is 1. The number of likely N-dealkylation sites (tertiary alicyclic amines) is 1. The normalized spacial score (nSPS) is 28.6. The van der Waals surface area contributed by atoms with Gasteiger partial charge in [0.2, 0.25) is 0 Å². The van der Waals surface area contributed by atoms with Crippen LogP contribution in [-0.4, -0.2) is 42.2 Å². The summed E-state index contributed by atoms with van der Waals surface area (Å²) in [5.41, 5.74) is 0.281. The molecule has 0 radical (unpaired) electrons. The van der Waals surface area contributed by atoms with Crippen molar-refractivity contribution in [3.05, 3.63) is 0 Å². The number of hydrogen-bond donors (Lipinski definition) is 2. The Kier molecular flexibility index (Phi) is 1.96. The molecule has 68 valence electrons. The Hall–Kier alpha value is -0.350. The van der Waals surface area contributed by atoms with Crippen LogP contribution < -0.4 is 10.6 Å². The molecule has 0 amide bonds. The number of rotatable bonds is 0. The van der Waals surface area contributed by atoms with E-state index in [2.05, 4.69) is 22.6 Å². The van der Waals surface area contributed by atoms with Gasteiger partial charge in [0, 0.05) is 19.6 Å². The SMILES string of the molecule is CN1CCC2(CC1)CNC(=S)N2. The van der Waals surface area contributed by atoms with Gasteiger partial charge in [-0.3, -0.25) is 0 Å². The van der Waals surface area contributed by atoms with Crippen molar-refractivity contribution < 1.29 is 0 Å². The van der Waals surface area contributed by atoms with Crippen LogP contribution in [0.25, 0.3) is 0 Å². The van der Waals surface area contributed by atoms with E-state index in [0.717, 1.165) is 11.7 Å². The Morgan fingerprint density at radius 2 is 2.08 bits per heavy atom. The summed E-state index contributed by atoms with van der Waals surface area (Å²) < 4.78 is 0. The molecule has 0 aromatic heterocycles. The minimum Gasteiger partial charge on any atom is -0.360 e. The van der Waals surface area contributed by atoms with Gasteiger partial charge in [-0.2, -0.15) is 0 Å². The third-order valence-corrected chi connectivity index (χ3v) is 3.16. The molecule has 2 heterocycles. The van der Waals surface area contributed by atoms with E-state index in [1.807, 2.05) is 0 Å². The largest absolute Gasteiger partial charge is 0.360 e. The molecule has 0 aliphatic carbocycles. The molecule has 2 aliphatic heterocycles. The van der Waals surface area contributed by atoms with Gasteiger partial charge in [-0.25, -0.2) is 0 Å². The number of hydrogen-bond acceptors (Lipinski definition) is 2. The van der Waals surface area contributed by atoms with Gasteiger partial charge >= 0.3 is 0 Å². The molecule has 0 saturated carbocycles. The molecule has 0 atom stereocenters. The van der Waals surface area contributed by atoms with Crippen molar-refractivity contribution in [2.45, 2.75) is 18.4 Å². The van der Waals surface area contributed by atoms with Crippen LogP contribution in [-0.2, 0) is 0 Å². The number of nitrogens with one attached hydrogen (secondary N) is 2. The van der Waals surface area contributed by atoms with Gasteiger partial charge in [-0.1, -0.05) is 0 Å². The summed E-state index contributed by atoms with van der Waals surface area (Å²) in [4.78, 5) is 2.37. The quantitative estimate of drug-likeness (QED) is 0.517. The maximum atomic E-state index is 5.07. The molecular weight excluding hydrogens is 170 g/mol. The maximum Gasteiger partial charge on any atom is 0.166 e. The fraction of sp³-hybridized carbons (Fsp3) is 0.875. The summed E-state index contributed by atoms with van der Waals surface area (Å²) in [6.45, 7) is 3.37. The Balaban J connectivity index is 1.99. The third-order valence-electron chi connectivity index (χ3n) is 2.91. The predicted octanol–water partition coefficient (Wildman–Crippen LogP) is -0.0715. The second kappa shape index (κ2) is 2.85. The summed E-state index contributed by atoms with van der Waals surface area (Å²) in [5.74, 6) is 0. The van der Waals surface area contributed by atoms with Crippen molar-refractivity contribution in [2.24, 2.45) is 0 Å². The lowest BCUT2D eigenvalue weighted by Gasteiger charge is -2.36. The monoisotopic (exact) mass is 185 g/mol. The highest BCUT2D eigenvalue weighted by Gasteiger charge is 2.37. The molecule has 0 aromatic rings. The lowest BCUT2D eigenvalue weighted by Crippen LogP contribution is -2.51. The van der Waals surface area contributed by atoms with Gasteiger partial charge in [-0.15, -0.1) is 0 Å². The first-order valence-electron chi connectivity index (χ1n) is 4.45. The molecule has 0 bridgehead atoms. The van der Waals surface area contributed by atoms with Crippen molar-refractivity contribution >= 4 is 17.3 Å². The van der Waals surface area contributed by atoms with Gasteiger partial charge < -0.3 is 15.5 Å². The molecule has 2 saturated heterocycles. The average Bonchev–Trinajstić information content (AvgIpc) is 2.40. The minimum absolute atomic E-state index is 0.281. The molecule has 3 nitrogen and oxygen atoms in total. The highest BCUT2D eigenvalue weighted by Crippen LogP contribution is 2.23. The highest BCUT2D eigenvalue weighted by atomic mass is 32.1. The van der Waals surface area contributed by atoms with Crippen LogP contribution in [0.3, 0.4) is 0 Å². The lowest BCUT2D eigenvalue weighted by atomic mass is 9.89. The second-order valence-electron chi connectivity index (χ2n) is 3.89. The van der Waals surface area contributed by atoms with E-state index < -0.39 is 0 Å². The molecule has 1 spiro atoms. The fourth-order valence-electron chi connectivity index (χ4n) is 1.93. The molecule has 0 unspecified atom stereocenters. The van der Waals surface area contributed by atoms with Crippen LogP contribution >= 0.6 is 12.2 Å². The van der Waals surface area contributed by atoms with E-state index in [-0.39, 0.29) is 5.54 Å². The molecule has 2 fully saturated rings. The molecule has 0 aromatic carbocycles. The summed E-state index contributed by atoms with van der Waals surface area (Å²) in [7, 11) is 2.17. The zero-order valence-corrected chi connectivity index (χ0v) is 8.21. The first kappa shape index (κ1) is 8.26. The zero-order chi connectivity index (χ0) is 8.60. The molecule has 2 N–H and O–H groups in total. The highest BCUT2D eigenvalue weighted by molar-refractivity contribution is 7.80. The Morgan fingerprint density at radius 3 is 2.58 bits per heavy atom. The molecule has 12 heavy (non-hydrogen) atoms. The van der Waals surface area contributed by atoms with Crippen LogP contribution in [0.4, 0.5) is 0 Å². The van der Waals surface area contributed by atoms with E-state index in [9.17, 15) is 0 Å². The van der Waals surface area contributed by atoms with Crippen molar-refractivity contribution in [1.82, 2.24) is 15.5 Å². The Morgan fingerprint density at radius 1 is 1.42 bits per heavy atom. The van der Waals surface area contributed by atoms with Gasteiger partial charge in [-0.05, 0) is 32.1 Å². The summed E-state index contributed by atoms with van der Waals surface area (Å²) in [5, 5.41) is 7.41. The number of piperidine rings is 1. The Labute approximate surface area is 78.5 Å². The van der Waals surface area contributed by atoms with Crippen molar-refractivity contribution in [1.29, 1.82) is 0 Å². The fourth-order valence-corrected chi connectivity index (χ4v) is 2.22. The third kappa shape index (κ3) is 1.41. The van der Waals surface area contributed by atoms with Crippen molar-refractivity contribution in [3.8, 4) is 0 Å². The van der Waals surface area contributed by atoms with Gasteiger partial charge in [0.05, 0.1) is 5.54 Å². The van der Waals surface area contributed by atoms with E-state index in [0.29, 0.717) is 0 Å². The first-order chi connectivity index (χ1) is 5.70. The molecule has 2 aliphatic rings.